The van der Waals surface area contributed by atoms with Gasteiger partial charge in [0.1, 0.15) is 4.70 Å². The smallest absolute Gasteiger partial charge is 0.272 e. The number of thiophene rings is 1. The molecule has 5 nitrogen and oxygen atoms in total. The van der Waals surface area contributed by atoms with E-state index >= 15 is 0 Å². The van der Waals surface area contributed by atoms with Gasteiger partial charge >= 0.3 is 0 Å². The van der Waals surface area contributed by atoms with Crippen molar-refractivity contribution in [2.24, 2.45) is 0 Å². The molecular formula is C23H22N2O3S2. The molecule has 0 radical (unpaired) electrons. The molecule has 154 valence electrons. The second kappa shape index (κ2) is 9.55. The fourth-order valence-electron chi connectivity index (χ4n) is 3.27. The molecule has 2 aromatic carbocycles. The van der Waals surface area contributed by atoms with Crippen LogP contribution >= 0.6 is 23.1 Å². The van der Waals surface area contributed by atoms with Crippen LogP contribution in [0.4, 0.5) is 0 Å². The molecule has 0 unspecified atom stereocenters. The van der Waals surface area contributed by atoms with Gasteiger partial charge in [0, 0.05) is 35.4 Å². The summed E-state index contributed by atoms with van der Waals surface area (Å²) in [6, 6.07) is 17.1. The van der Waals surface area contributed by atoms with Crippen molar-refractivity contribution in [2.45, 2.75) is 25.0 Å². The van der Waals surface area contributed by atoms with Gasteiger partial charge in [-0.05, 0) is 19.4 Å². The fourth-order valence-corrected chi connectivity index (χ4v) is 5.27. The first-order valence-corrected chi connectivity index (χ1v) is 11.7. The van der Waals surface area contributed by atoms with E-state index in [4.69, 9.17) is 9.72 Å². The van der Waals surface area contributed by atoms with Crippen molar-refractivity contribution in [3.05, 3.63) is 70.5 Å². The van der Waals surface area contributed by atoms with Crippen molar-refractivity contribution in [3.8, 4) is 0 Å². The summed E-state index contributed by atoms with van der Waals surface area (Å²) in [5.74, 6) is 0.251. The van der Waals surface area contributed by atoms with Crippen molar-refractivity contribution in [1.29, 1.82) is 0 Å². The van der Waals surface area contributed by atoms with E-state index in [1.807, 2.05) is 49.4 Å². The van der Waals surface area contributed by atoms with Gasteiger partial charge in [-0.25, -0.2) is 4.98 Å². The van der Waals surface area contributed by atoms with Gasteiger partial charge in [0.05, 0.1) is 11.3 Å². The van der Waals surface area contributed by atoms with Gasteiger partial charge in [-0.15, -0.1) is 11.3 Å². The van der Waals surface area contributed by atoms with E-state index in [1.54, 1.807) is 16.7 Å². The molecule has 0 saturated heterocycles. The Morgan fingerprint density at radius 3 is 2.70 bits per heavy atom. The van der Waals surface area contributed by atoms with Crippen LogP contribution in [0.3, 0.4) is 0 Å². The lowest BCUT2D eigenvalue weighted by atomic mass is 10.2. The first-order valence-electron chi connectivity index (χ1n) is 9.90. The molecular weight excluding hydrogens is 416 g/mol. The molecule has 2 heterocycles. The van der Waals surface area contributed by atoms with Crippen LogP contribution in [0, 0.1) is 0 Å². The van der Waals surface area contributed by atoms with Crippen molar-refractivity contribution in [1.82, 2.24) is 9.55 Å². The van der Waals surface area contributed by atoms with Crippen LogP contribution in [-0.2, 0) is 11.3 Å². The lowest BCUT2D eigenvalue weighted by Gasteiger charge is -2.12. The number of ketones is 1. The third kappa shape index (κ3) is 4.33. The van der Waals surface area contributed by atoms with Crippen LogP contribution < -0.4 is 5.56 Å². The molecule has 0 fully saturated rings. The number of Topliss-reactive ketones (excluding diaryl/α,β-unsaturated/α-hetero) is 1. The lowest BCUT2D eigenvalue weighted by Crippen LogP contribution is -2.23. The van der Waals surface area contributed by atoms with E-state index in [0.29, 0.717) is 41.6 Å². The minimum atomic E-state index is -0.0487. The topological polar surface area (TPSA) is 61.2 Å². The first-order chi connectivity index (χ1) is 14.7. The Morgan fingerprint density at radius 2 is 1.90 bits per heavy atom. The number of carbonyl (C=O) groups is 1. The summed E-state index contributed by atoms with van der Waals surface area (Å²) >= 11 is 2.79. The maximum absolute atomic E-state index is 13.3. The van der Waals surface area contributed by atoms with Crippen LogP contribution in [0.5, 0.6) is 0 Å². The summed E-state index contributed by atoms with van der Waals surface area (Å²) in [7, 11) is 0. The fraction of sp³-hybridized carbons (Fsp3) is 0.261. The Hall–Kier alpha value is -2.48. The largest absolute Gasteiger partial charge is 0.382 e. The Balaban J connectivity index is 1.70. The van der Waals surface area contributed by atoms with E-state index in [9.17, 15) is 9.59 Å². The van der Waals surface area contributed by atoms with E-state index in [2.05, 4.69) is 0 Å². The maximum atomic E-state index is 13.3. The molecule has 0 amide bonds. The molecule has 0 saturated carbocycles. The van der Waals surface area contributed by atoms with Crippen LogP contribution in [0.2, 0.25) is 0 Å². The molecule has 7 heteroatoms. The highest BCUT2D eigenvalue weighted by atomic mass is 32.2. The highest BCUT2D eigenvalue weighted by molar-refractivity contribution is 7.99. The summed E-state index contributed by atoms with van der Waals surface area (Å²) in [6.45, 7) is 3.70. The van der Waals surface area contributed by atoms with Crippen molar-refractivity contribution < 1.29 is 9.53 Å². The number of aromatic nitrogens is 2. The number of carbonyl (C=O) groups excluding carboxylic acids is 1. The third-order valence-corrected chi connectivity index (χ3v) is 6.87. The Morgan fingerprint density at radius 1 is 1.13 bits per heavy atom. The predicted molar refractivity (Wildman–Crippen MR) is 124 cm³/mol. The molecule has 0 aliphatic rings. The zero-order valence-electron chi connectivity index (χ0n) is 16.7. The second-order valence-electron chi connectivity index (χ2n) is 6.76. The number of hydrogen-bond acceptors (Lipinski definition) is 6. The number of hydrogen-bond donors (Lipinski definition) is 0. The van der Waals surface area contributed by atoms with Crippen molar-refractivity contribution >= 4 is 49.2 Å². The highest BCUT2D eigenvalue weighted by Crippen LogP contribution is 2.32. The molecule has 4 aromatic rings. The molecule has 0 bridgehead atoms. The first kappa shape index (κ1) is 20.8. The summed E-state index contributed by atoms with van der Waals surface area (Å²) in [5, 5.41) is 1.56. The number of ether oxygens (including phenoxy) is 1. The number of fused-ring (bicyclic) bond motifs is 3. The van der Waals surface area contributed by atoms with Gasteiger partial charge < -0.3 is 4.74 Å². The number of thioether (sulfide) groups is 1. The molecule has 0 N–H and O–H groups in total. The van der Waals surface area contributed by atoms with Gasteiger partial charge in [0.15, 0.2) is 10.9 Å². The lowest BCUT2D eigenvalue weighted by molar-refractivity contribution is 0.102. The van der Waals surface area contributed by atoms with Crippen LogP contribution in [0.15, 0.2) is 64.5 Å². The Bertz CT molecular complexity index is 1230. The quantitative estimate of drug-likeness (QED) is 0.159. The second-order valence-corrected chi connectivity index (χ2v) is 8.75. The average Bonchev–Trinajstić information content (AvgIpc) is 3.16. The Labute approximate surface area is 182 Å². The molecule has 4 rings (SSSR count). The standard InChI is InChI=1S/C23H22N2O3S2/c1-2-28-14-8-13-25-22(27)21-20(17-11-6-7-12-19(17)30-21)24-23(25)29-15-18(26)16-9-4-3-5-10-16/h3-7,9-12H,2,8,13-15H2,1H3. The van der Waals surface area contributed by atoms with Gasteiger partial charge in [0.2, 0.25) is 0 Å². The zero-order valence-corrected chi connectivity index (χ0v) is 18.3. The van der Waals surface area contributed by atoms with E-state index in [-0.39, 0.29) is 17.1 Å². The average molecular weight is 439 g/mol. The number of rotatable bonds is 9. The number of nitrogens with zero attached hydrogens (tertiary/aromatic N) is 2. The summed E-state index contributed by atoms with van der Waals surface area (Å²) in [6.07, 6.45) is 0.714. The Kier molecular flexibility index (Phi) is 6.62. The van der Waals surface area contributed by atoms with Crippen LogP contribution in [0.25, 0.3) is 20.3 Å². The summed E-state index contributed by atoms with van der Waals surface area (Å²) in [5.41, 5.74) is 1.33. The minimum absolute atomic E-state index is 0.0194. The van der Waals surface area contributed by atoms with Gasteiger partial charge in [-0.3, -0.25) is 14.2 Å². The summed E-state index contributed by atoms with van der Waals surface area (Å²) in [4.78, 5) is 30.7. The van der Waals surface area contributed by atoms with Gasteiger partial charge in [0.25, 0.3) is 5.56 Å². The predicted octanol–water partition coefficient (Wildman–Crippen LogP) is 5.01. The molecule has 2 aromatic heterocycles. The molecule has 0 spiro atoms. The molecule has 0 atom stereocenters. The van der Waals surface area contributed by atoms with Gasteiger partial charge in [-0.1, -0.05) is 60.3 Å². The normalized spacial score (nSPS) is 11.4. The van der Waals surface area contributed by atoms with Crippen molar-refractivity contribution in [2.75, 3.05) is 19.0 Å². The maximum Gasteiger partial charge on any atom is 0.272 e. The molecule has 0 aliphatic carbocycles. The molecule has 0 aliphatic heterocycles. The number of benzene rings is 2. The highest BCUT2D eigenvalue weighted by Gasteiger charge is 2.17. The summed E-state index contributed by atoms with van der Waals surface area (Å²) < 4.78 is 8.83. The van der Waals surface area contributed by atoms with Crippen LogP contribution in [-0.4, -0.2) is 34.3 Å². The minimum Gasteiger partial charge on any atom is -0.382 e. The van der Waals surface area contributed by atoms with Crippen LogP contribution in [0.1, 0.15) is 23.7 Å². The third-order valence-electron chi connectivity index (χ3n) is 4.75. The SMILES string of the molecule is CCOCCCn1c(SCC(=O)c2ccccc2)nc2c(sc3ccccc32)c1=O. The van der Waals surface area contributed by atoms with E-state index in [0.717, 1.165) is 15.6 Å². The van der Waals surface area contributed by atoms with E-state index < -0.39 is 0 Å². The zero-order chi connectivity index (χ0) is 20.9. The van der Waals surface area contributed by atoms with Crippen molar-refractivity contribution in [3.63, 3.8) is 0 Å². The monoisotopic (exact) mass is 438 g/mol. The van der Waals surface area contributed by atoms with E-state index in [1.165, 1.54) is 23.1 Å². The molecule has 30 heavy (non-hydrogen) atoms. The van der Waals surface area contributed by atoms with Gasteiger partial charge in [-0.2, -0.15) is 0 Å².